The average molecular weight is 258 g/mol. The van der Waals surface area contributed by atoms with E-state index in [-0.39, 0.29) is 0 Å². The van der Waals surface area contributed by atoms with Crippen LogP contribution >= 0.6 is 0 Å². The lowest BCUT2D eigenvalue weighted by atomic mass is 9.95. The first-order valence-electron chi connectivity index (χ1n) is 7.83. The first kappa shape index (κ1) is 13.0. The van der Waals surface area contributed by atoms with E-state index < -0.39 is 0 Å². The van der Waals surface area contributed by atoms with Gasteiger partial charge in [-0.2, -0.15) is 0 Å². The third-order valence-corrected chi connectivity index (χ3v) is 5.08. The van der Waals surface area contributed by atoms with Crippen molar-refractivity contribution in [2.45, 2.75) is 58.0 Å². The number of rotatable bonds is 3. The Kier molecular flexibility index (Phi) is 3.79. The number of anilines is 1. The Morgan fingerprint density at radius 3 is 2.68 bits per heavy atom. The molecule has 2 N–H and O–H groups in total. The van der Waals surface area contributed by atoms with Gasteiger partial charge in [0.25, 0.3) is 0 Å². The summed E-state index contributed by atoms with van der Waals surface area (Å²) in [7, 11) is 0. The van der Waals surface area contributed by atoms with Gasteiger partial charge in [0.1, 0.15) is 0 Å². The molecule has 1 aromatic rings. The smallest absolute Gasteiger partial charge is 0.0343 e. The number of nitrogen functional groups attached to an aromatic ring is 1. The molecule has 2 fully saturated rings. The second kappa shape index (κ2) is 5.54. The van der Waals surface area contributed by atoms with Crippen LogP contribution < -0.4 is 5.73 Å². The van der Waals surface area contributed by atoms with Crippen molar-refractivity contribution < 1.29 is 0 Å². The third kappa shape index (κ3) is 2.79. The van der Waals surface area contributed by atoms with Crippen LogP contribution in [-0.4, -0.2) is 17.5 Å². The van der Waals surface area contributed by atoms with Gasteiger partial charge in [0.2, 0.25) is 0 Å². The Bertz CT molecular complexity index is 435. The third-order valence-electron chi connectivity index (χ3n) is 5.08. The summed E-state index contributed by atoms with van der Waals surface area (Å²) in [5.41, 5.74) is 9.47. The minimum Gasteiger partial charge on any atom is -0.399 e. The molecule has 1 unspecified atom stereocenters. The lowest BCUT2D eigenvalue weighted by Crippen LogP contribution is -2.34. The van der Waals surface area contributed by atoms with Crippen LogP contribution in [-0.2, 0) is 6.54 Å². The van der Waals surface area contributed by atoms with Crippen molar-refractivity contribution >= 4 is 5.69 Å². The Morgan fingerprint density at radius 1 is 1.16 bits per heavy atom. The Balaban J connectivity index is 1.69. The van der Waals surface area contributed by atoms with Crippen LogP contribution in [0.1, 0.15) is 49.7 Å². The zero-order chi connectivity index (χ0) is 13.2. The molecule has 2 heteroatoms. The van der Waals surface area contributed by atoms with Crippen molar-refractivity contribution in [1.29, 1.82) is 0 Å². The van der Waals surface area contributed by atoms with Crippen molar-refractivity contribution in [3.63, 3.8) is 0 Å². The summed E-state index contributed by atoms with van der Waals surface area (Å²) in [4.78, 5) is 2.72. The summed E-state index contributed by atoms with van der Waals surface area (Å²) in [6, 6.07) is 7.37. The quantitative estimate of drug-likeness (QED) is 0.837. The number of hydrogen-bond donors (Lipinski definition) is 1. The Morgan fingerprint density at radius 2 is 1.95 bits per heavy atom. The Hall–Kier alpha value is -1.02. The second-order valence-electron chi connectivity index (χ2n) is 6.42. The van der Waals surface area contributed by atoms with Gasteiger partial charge in [-0.15, -0.1) is 0 Å². The van der Waals surface area contributed by atoms with Gasteiger partial charge in [0.15, 0.2) is 0 Å². The molecule has 0 spiro atoms. The molecule has 1 saturated carbocycles. The molecule has 1 aliphatic carbocycles. The van der Waals surface area contributed by atoms with Gasteiger partial charge in [-0.3, -0.25) is 4.90 Å². The van der Waals surface area contributed by atoms with Crippen LogP contribution in [0.4, 0.5) is 5.69 Å². The van der Waals surface area contributed by atoms with Crippen molar-refractivity contribution in [3.05, 3.63) is 29.3 Å². The highest BCUT2D eigenvalue weighted by atomic mass is 15.2. The molecular weight excluding hydrogens is 232 g/mol. The van der Waals surface area contributed by atoms with Crippen LogP contribution in [0.15, 0.2) is 18.2 Å². The number of benzene rings is 1. The minimum absolute atomic E-state index is 0.848. The summed E-state index contributed by atoms with van der Waals surface area (Å²) in [5, 5.41) is 0. The van der Waals surface area contributed by atoms with Crippen molar-refractivity contribution in [3.8, 4) is 0 Å². The number of nitrogens with two attached hydrogens (primary N) is 1. The maximum absolute atomic E-state index is 5.91. The van der Waals surface area contributed by atoms with E-state index in [9.17, 15) is 0 Å². The molecule has 19 heavy (non-hydrogen) atoms. The molecule has 1 aromatic carbocycles. The van der Waals surface area contributed by atoms with Crippen LogP contribution in [0.25, 0.3) is 0 Å². The molecule has 1 saturated heterocycles. The fourth-order valence-corrected chi connectivity index (χ4v) is 3.99. The highest BCUT2D eigenvalue weighted by Crippen LogP contribution is 2.36. The van der Waals surface area contributed by atoms with Gasteiger partial charge in [-0.25, -0.2) is 0 Å². The van der Waals surface area contributed by atoms with Crippen LogP contribution in [0.3, 0.4) is 0 Å². The molecule has 2 aliphatic rings. The zero-order valence-corrected chi connectivity index (χ0v) is 12.1. The summed E-state index contributed by atoms with van der Waals surface area (Å²) >= 11 is 0. The second-order valence-corrected chi connectivity index (χ2v) is 6.42. The summed E-state index contributed by atoms with van der Waals surface area (Å²) < 4.78 is 0. The first-order valence-corrected chi connectivity index (χ1v) is 7.83. The van der Waals surface area contributed by atoms with E-state index in [1.54, 1.807) is 0 Å². The highest BCUT2D eigenvalue weighted by Gasteiger charge is 2.32. The molecule has 1 aliphatic heterocycles. The van der Waals surface area contributed by atoms with E-state index in [1.165, 1.54) is 56.2 Å². The van der Waals surface area contributed by atoms with Gasteiger partial charge in [-0.05, 0) is 62.3 Å². The fraction of sp³-hybridized carbons (Fsp3) is 0.647. The normalized spacial score (nSPS) is 25.2. The van der Waals surface area contributed by atoms with Crippen LogP contribution in [0.2, 0.25) is 0 Å². The van der Waals surface area contributed by atoms with Crippen molar-refractivity contribution in [2.24, 2.45) is 5.92 Å². The molecule has 2 nitrogen and oxygen atoms in total. The standard InChI is InChI=1S/C17H26N2/c1-13-11-14(8-9-16(13)18)12-19-10-4-7-17(19)15-5-2-3-6-15/h8-9,11,15,17H,2-7,10,12,18H2,1H3. The maximum atomic E-state index is 5.91. The fourth-order valence-electron chi connectivity index (χ4n) is 3.99. The molecule has 0 aromatic heterocycles. The molecule has 3 rings (SSSR count). The Labute approximate surface area is 117 Å². The number of aryl methyl sites for hydroxylation is 1. The predicted molar refractivity (Wildman–Crippen MR) is 81.0 cm³/mol. The summed E-state index contributed by atoms with van der Waals surface area (Å²) in [5.74, 6) is 0.970. The number of nitrogens with zero attached hydrogens (tertiary/aromatic N) is 1. The van der Waals surface area contributed by atoms with E-state index >= 15 is 0 Å². The summed E-state index contributed by atoms with van der Waals surface area (Å²) in [6.07, 6.45) is 8.63. The van der Waals surface area contributed by atoms with Gasteiger partial charge < -0.3 is 5.73 Å². The molecule has 0 radical (unpaired) electrons. The predicted octanol–water partition coefficient (Wildman–Crippen LogP) is 3.73. The van der Waals surface area contributed by atoms with E-state index in [4.69, 9.17) is 5.73 Å². The monoisotopic (exact) mass is 258 g/mol. The zero-order valence-electron chi connectivity index (χ0n) is 12.1. The topological polar surface area (TPSA) is 29.3 Å². The number of hydrogen-bond acceptors (Lipinski definition) is 2. The van der Waals surface area contributed by atoms with Gasteiger partial charge in [-0.1, -0.05) is 25.0 Å². The molecule has 1 heterocycles. The lowest BCUT2D eigenvalue weighted by Gasteiger charge is -2.29. The molecule has 0 amide bonds. The van der Waals surface area contributed by atoms with Gasteiger partial charge >= 0.3 is 0 Å². The first-order chi connectivity index (χ1) is 9.24. The van der Waals surface area contributed by atoms with Crippen LogP contribution in [0.5, 0.6) is 0 Å². The maximum Gasteiger partial charge on any atom is 0.0343 e. The SMILES string of the molecule is Cc1cc(CN2CCCC2C2CCCC2)ccc1N. The van der Waals surface area contributed by atoms with E-state index in [1.807, 2.05) is 0 Å². The minimum atomic E-state index is 0.848. The van der Waals surface area contributed by atoms with Crippen LogP contribution in [0, 0.1) is 12.8 Å². The van der Waals surface area contributed by atoms with Gasteiger partial charge in [0.05, 0.1) is 0 Å². The number of likely N-dealkylation sites (tertiary alicyclic amines) is 1. The molecule has 0 bridgehead atoms. The molecule has 1 atom stereocenters. The van der Waals surface area contributed by atoms with E-state index in [0.717, 1.165) is 24.2 Å². The average Bonchev–Trinajstić information content (AvgIpc) is 3.04. The van der Waals surface area contributed by atoms with Crippen molar-refractivity contribution in [2.75, 3.05) is 12.3 Å². The lowest BCUT2D eigenvalue weighted by molar-refractivity contribution is 0.183. The molecule has 104 valence electrons. The van der Waals surface area contributed by atoms with E-state index in [2.05, 4.69) is 30.0 Å². The van der Waals surface area contributed by atoms with Gasteiger partial charge in [0, 0.05) is 18.3 Å². The summed E-state index contributed by atoms with van der Waals surface area (Å²) in [6.45, 7) is 4.50. The van der Waals surface area contributed by atoms with E-state index in [0.29, 0.717) is 0 Å². The highest BCUT2D eigenvalue weighted by molar-refractivity contribution is 5.47. The van der Waals surface area contributed by atoms with Crippen molar-refractivity contribution in [1.82, 2.24) is 4.90 Å². The molecular formula is C17H26N2. The largest absolute Gasteiger partial charge is 0.399 e.